The van der Waals surface area contributed by atoms with Crippen molar-refractivity contribution in [2.45, 2.75) is 63.3 Å². The Morgan fingerprint density at radius 1 is 1.15 bits per heavy atom. The Kier molecular flexibility index (Phi) is 5.13. The number of hydrogen-bond donors (Lipinski definition) is 3. The highest BCUT2D eigenvalue weighted by molar-refractivity contribution is 5.86. The molecule has 2 aliphatic rings. The minimum atomic E-state index is -1.08. The van der Waals surface area contributed by atoms with E-state index in [0.29, 0.717) is 29.7 Å². The standard InChI is InChI=1S/C25H27N5O4/c1-13-2-6-17-20(33-13)11-15-5-3-14(10-18(15)29-17)4-7-19-21(31)22(32)25(34-19)30-9-8-16-23(26)27-12-28-24(16)30/h3,5,8-13,19,21-22,25,31-32H,2,4,6-7H2,1H3,(H2,26,27,28)/t13-,19-,21-,22-,25-/m1/s1. The monoisotopic (exact) mass is 461 g/mol. The average molecular weight is 462 g/mol. The molecule has 4 aromatic rings. The number of benzene rings is 1. The Morgan fingerprint density at radius 3 is 2.91 bits per heavy atom. The second-order valence-corrected chi connectivity index (χ2v) is 9.23. The Morgan fingerprint density at radius 2 is 2.03 bits per heavy atom. The maximum absolute atomic E-state index is 10.7. The van der Waals surface area contributed by atoms with Crippen molar-refractivity contribution in [1.29, 1.82) is 0 Å². The van der Waals surface area contributed by atoms with Crippen LogP contribution in [0.3, 0.4) is 0 Å². The largest absolute Gasteiger partial charge is 0.489 e. The van der Waals surface area contributed by atoms with Crippen LogP contribution in [0.25, 0.3) is 21.9 Å². The summed E-state index contributed by atoms with van der Waals surface area (Å²) in [5.74, 6) is 1.24. The number of nitrogen functional groups attached to an aromatic ring is 1. The summed E-state index contributed by atoms with van der Waals surface area (Å²) in [5.41, 5.74) is 9.53. The number of nitrogens with zero attached hydrogens (tertiary/aromatic N) is 4. The molecule has 5 heterocycles. The number of pyridine rings is 1. The average Bonchev–Trinajstić information content (AvgIpc) is 3.38. The van der Waals surface area contributed by atoms with Crippen molar-refractivity contribution < 1.29 is 19.7 Å². The van der Waals surface area contributed by atoms with E-state index in [-0.39, 0.29) is 6.10 Å². The van der Waals surface area contributed by atoms with Crippen molar-refractivity contribution in [1.82, 2.24) is 19.5 Å². The van der Waals surface area contributed by atoms with Gasteiger partial charge in [-0.3, -0.25) is 0 Å². The molecule has 0 amide bonds. The van der Waals surface area contributed by atoms with E-state index in [0.717, 1.165) is 40.8 Å². The third-order valence-electron chi connectivity index (χ3n) is 6.91. The van der Waals surface area contributed by atoms with Crippen LogP contribution in [-0.4, -0.2) is 54.1 Å². The number of rotatable bonds is 4. The van der Waals surface area contributed by atoms with E-state index in [1.54, 1.807) is 16.8 Å². The molecular formula is C25H27N5O4. The number of aliphatic hydroxyl groups is 2. The van der Waals surface area contributed by atoms with Gasteiger partial charge in [-0.1, -0.05) is 12.1 Å². The minimum Gasteiger partial charge on any atom is -0.489 e. The normalized spacial score (nSPS) is 26.6. The first kappa shape index (κ1) is 21.3. The summed E-state index contributed by atoms with van der Waals surface area (Å²) < 4.78 is 13.7. The maximum Gasteiger partial charge on any atom is 0.164 e. The highest BCUT2D eigenvalue weighted by atomic mass is 16.6. The van der Waals surface area contributed by atoms with Crippen LogP contribution in [0.2, 0.25) is 0 Å². The Balaban J connectivity index is 1.19. The molecule has 1 saturated heterocycles. The van der Waals surface area contributed by atoms with Crippen LogP contribution >= 0.6 is 0 Å². The first-order chi connectivity index (χ1) is 16.5. The van der Waals surface area contributed by atoms with Gasteiger partial charge in [0.2, 0.25) is 0 Å². The zero-order valence-corrected chi connectivity index (χ0v) is 18.8. The van der Waals surface area contributed by atoms with Gasteiger partial charge >= 0.3 is 0 Å². The minimum absolute atomic E-state index is 0.220. The summed E-state index contributed by atoms with van der Waals surface area (Å²) in [7, 11) is 0. The first-order valence-corrected chi connectivity index (χ1v) is 11.7. The third kappa shape index (κ3) is 3.56. The smallest absolute Gasteiger partial charge is 0.164 e. The molecular weight excluding hydrogens is 434 g/mol. The van der Waals surface area contributed by atoms with Crippen molar-refractivity contribution in [2.75, 3.05) is 5.73 Å². The fourth-order valence-corrected chi connectivity index (χ4v) is 4.99. The molecule has 0 radical (unpaired) electrons. The fourth-order valence-electron chi connectivity index (χ4n) is 4.99. The fraction of sp³-hybridized carbons (Fsp3) is 0.400. The first-order valence-electron chi connectivity index (χ1n) is 11.7. The number of aliphatic hydroxyl groups excluding tert-OH is 2. The Bertz CT molecular complexity index is 1370. The van der Waals surface area contributed by atoms with Gasteiger partial charge in [-0.25, -0.2) is 15.0 Å². The number of anilines is 1. The highest BCUT2D eigenvalue weighted by Crippen LogP contribution is 2.35. The van der Waals surface area contributed by atoms with Gasteiger partial charge in [0.15, 0.2) is 6.23 Å². The van der Waals surface area contributed by atoms with Gasteiger partial charge in [-0.05, 0) is 56.4 Å². The summed E-state index contributed by atoms with van der Waals surface area (Å²) in [4.78, 5) is 13.1. The van der Waals surface area contributed by atoms with Gasteiger partial charge in [0.25, 0.3) is 0 Å². The molecule has 2 aliphatic heterocycles. The molecule has 0 unspecified atom stereocenters. The van der Waals surface area contributed by atoms with Gasteiger partial charge < -0.3 is 30.0 Å². The Hall–Kier alpha value is -3.27. The van der Waals surface area contributed by atoms with Crippen molar-refractivity contribution in [3.63, 3.8) is 0 Å². The van der Waals surface area contributed by atoms with Crippen molar-refractivity contribution >= 4 is 27.8 Å². The van der Waals surface area contributed by atoms with Gasteiger partial charge in [-0.15, -0.1) is 0 Å². The van der Waals surface area contributed by atoms with Crippen LogP contribution in [0, 0.1) is 0 Å². The second kappa shape index (κ2) is 8.19. The van der Waals surface area contributed by atoms with E-state index < -0.39 is 24.5 Å². The van der Waals surface area contributed by atoms with Gasteiger partial charge in [0.1, 0.15) is 35.7 Å². The lowest BCUT2D eigenvalue weighted by Gasteiger charge is -2.23. The molecule has 3 aromatic heterocycles. The van der Waals surface area contributed by atoms with Crippen molar-refractivity contribution in [2.24, 2.45) is 0 Å². The number of aryl methyl sites for hydroxylation is 2. The predicted octanol–water partition coefficient (Wildman–Crippen LogP) is 2.53. The quantitative estimate of drug-likeness (QED) is 0.423. The zero-order valence-electron chi connectivity index (χ0n) is 18.8. The number of nitrogens with two attached hydrogens (primary N) is 1. The predicted molar refractivity (Wildman–Crippen MR) is 126 cm³/mol. The molecule has 6 rings (SSSR count). The molecule has 1 aromatic carbocycles. The topological polar surface area (TPSA) is 129 Å². The van der Waals surface area contributed by atoms with E-state index in [9.17, 15) is 10.2 Å². The molecule has 34 heavy (non-hydrogen) atoms. The summed E-state index contributed by atoms with van der Waals surface area (Å²) in [6.45, 7) is 2.08. The van der Waals surface area contributed by atoms with E-state index in [4.69, 9.17) is 20.2 Å². The summed E-state index contributed by atoms with van der Waals surface area (Å²) in [6, 6.07) is 10.1. The van der Waals surface area contributed by atoms with Crippen molar-refractivity contribution in [3.8, 4) is 5.75 Å². The molecule has 0 spiro atoms. The molecule has 176 valence electrons. The van der Waals surface area contributed by atoms with E-state index in [1.165, 1.54) is 6.33 Å². The van der Waals surface area contributed by atoms with Crippen LogP contribution in [0.1, 0.15) is 37.3 Å². The Labute approximate surface area is 196 Å². The lowest BCUT2D eigenvalue weighted by atomic mass is 10.0. The van der Waals surface area contributed by atoms with Crippen molar-refractivity contribution in [3.05, 3.63) is 54.1 Å². The number of fused-ring (bicyclic) bond motifs is 3. The zero-order chi connectivity index (χ0) is 23.4. The maximum atomic E-state index is 10.7. The lowest BCUT2D eigenvalue weighted by molar-refractivity contribution is -0.0364. The molecule has 0 bridgehead atoms. The SMILES string of the molecule is C[C@@H]1CCc2nc3cc(CC[C@H]4O[C@@H](n5ccc6c(N)ncnc65)[C@H](O)[C@@H]4O)ccc3cc2O1. The number of ether oxygens (including phenoxy) is 2. The number of aromatic nitrogens is 4. The van der Waals surface area contributed by atoms with Gasteiger partial charge in [0.05, 0.1) is 28.8 Å². The molecule has 0 aliphatic carbocycles. The van der Waals surface area contributed by atoms with Crippen LogP contribution in [0.5, 0.6) is 5.75 Å². The van der Waals surface area contributed by atoms with E-state index in [2.05, 4.69) is 41.2 Å². The number of hydrogen-bond acceptors (Lipinski definition) is 8. The second-order valence-electron chi connectivity index (χ2n) is 9.23. The molecule has 1 fully saturated rings. The third-order valence-corrected chi connectivity index (χ3v) is 6.91. The molecule has 4 N–H and O–H groups in total. The van der Waals surface area contributed by atoms with Gasteiger partial charge in [-0.2, -0.15) is 0 Å². The molecule has 5 atom stereocenters. The van der Waals surface area contributed by atoms with E-state index in [1.807, 2.05) is 0 Å². The summed E-state index contributed by atoms with van der Waals surface area (Å²) in [5, 5.41) is 23.1. The lowest BCUT2D eigenvalue weighted by Crippen LogP contribution is -2.31. The van der Waals surface area contributed by atoms with Crippen LogP contribution in [0.4, 0.5) is 5.82 Å². The van der Waals surface area contributed by atoms with Gasteiger partial charge in [0, 0.05) is 11.6 Å². The highest BCUT2D eigenvalue weighted by Gasteiger charge is 2.43. The van der Waals surface area contributed by atoms with Crippen LogP contribution < -0.4 is 10.5 Å². The summed E-state index contributed by atoms with van der Waals surface area (Å²) >= 11 is 0. The molecule has 9 nitrogen and oxygen atoms in total. The summed E-state index contributed by atoms with van der Waals surface area (Å²) in [6.07, 6.45) is 3.13. The molecule has 0 saturated carbocycles. The van der Waals surface area contributed by atoms with Crippen LogP contribution in [0.15, 0.2) is 42.9 Å². The van der Waals surface area contributed by atoms with E-state index >= 15 is 0 Å². The molecule has 9 heteroatoms. The van der Waals surface area contributed by atoms with Crippen LogP contribution in [-0.2, 0) is 17.6 Å².